The van der Waals surface area contributed by atoms with E-state index in [9.17, 15) is 9.59 Å². The van der Waals surface area contributed by atoms with Gasteiger partial charge in [-0.2, -0.15) is 0 Å². The molecule has 1 saturated heterocycles. The maximum atomic E-state index is 12.3. The number of hydrogen-bond acceptors (Lipinski definition) is 4. The molecule has 1 aromatic rings. The molecule has 1 aromatic carbocycles. The number of carboxylic acids is 1. The Labute approximate surface area is 154 Å². The van der Waals surface area contributed by atoms with Gasteiger partial charge in [-0.1, -0.05) is 19.4 Å². The van der Waals surface area contributed by atoms with E-state index >= 15 is 0 Å². The summed E-state index contributed by atoms with van der Waals surface area (Å²) in [5.41, 5.74) is 0.915. The van der Waals surface area contributed by atoms with E-state index < -0.39 is 5.97 Å². The molecule has 0 saturated carbocycles. The number of nitrogens with zero attached hydrogens (tertiary/aromatic N) is 1. The Hall–Kier alpha value is -2.44. The molecule has 0 radical (unpaired) electrons. The number of ether oxygens (including phenoxy) is 2. The van der Waals surface area contributed by atoms with Crippen molar-refractivity contribution in [1.29, 1.82) is 0 Å². The minimum Gasteiger partial charge on any atom is -0.493 e. The fourth-order valence-corrected chi connectivity index (χ4v) is 2.89. The van der Waals surface area contributed by atoms with Crippen molar-refractivity contribution < 1.29 is 24.2 Å². The van der Waals surface area contributed by atoms with Crippen molar-refractivity contribution in [2.24, 2.45) is 5.92 Å². The standard InChI is InChI=1S/C19H28N2O5/c1-3-4-11-26-16-6-5-14(12-17(16)25-2)13-20-19(24)21-9-7-15(8-10-21)18(22)23/h5-6,12,15H,3-4,7-11,13H2,1-2H3,(H,20,24)(H,22,23). The Morgan fingerprint density at radius 1 is 1.27 bits per heavy atom. The molecule has 0 bridgehead atoms. The van der Waals surface area contributed by atoms with Gasteiger partial charge in [0.25, 0.3) is 0 Å². The second-order valence-corrected chi connectivity index (χ2v) is 6.45. The minimum atomic E-state index is -0.779. The fraction of sp³-hybridized carbons (Fsp3) is 0.579. The van der Waals surface area contributed by atoms with Crippen LogP contribution in [0, 0.1) is 5.92 Å². The van der Waals surface area contributed by atoms with Crippen molar-refractivity contribution in [2.75, 3.05) is 26.8 Å². The molecule has 2 amide bonds. The number of carbonyl (C=O) groups is 2. The smallest absolute Gasteiger partial charge is 0.317 e. The first-order valence-corrected chi connectivity index (χ1v) is 9.10. The lowest BCUT2D eigenvalue weighted by Crippen LogP contribution is -2.45. The SMILES string of the molecule is CCCCOc1ccc(CNC(=O)N2CCC(C(=O)O)CC2)cc1OC. The summed E-state index contributed by atoms with van der Waals surface area (Å²) < 4.78 is 11.1. The number of carboxylic acid groups (broad SMARTS) is 1. The van der Waals surface area contributed by atoms with Crippen molar-refractivity contribution in [3.63, 3.8) is 0 Å². The van der Waals surface area contributed by atoms with E-state index in [1.165, 1.54) is 0 Å². The number of hydrogen-bond donors (Lipinski definition) is 2. The Kier molecular flexibility index (Phi) is 7.56. The first-order valence-electron chi connectivity index (χ1n) is 9.10. The zero-order valence-corrected chi connectivity index (χ0v) is 15.5. The lowest BCUT2D eigenvalue weighted by Gasteiger charge is -2.30. The highest BCUT2D eigenvalue weighted by molar-refractivity contribution is 5.75. The summed E-state index contributed by atoms with van der Waals surface area (Å²) >= 11 is 0. The summed E-state index contributed by atoms with van der Waals surface area (Å²) in [5, 5.41) is 11.9. The van der Waals surface area contributed by atoms with Crippen molar-refractivity contribution in [3.8, 4) is 11.5 Å². The average Bonchev–Trinajstić information content (AvgIpc) is 2.66. The molecule has 1 fully saturated rings. The topological polar surface area (TPSA) is 88.1 Å². The van der Waals surface area contributed by atoms with Crippen LogP contribution >= 0.6 is 0 Å². The molecule has 0 aliphatic carbocycles. The van der Waals surface area contributed by atoms with Gasteiger partial charge in [0.15, 0.2) is 11.5 Å². The molecule has 7 nitrogen and oxygen atoms in total. The van der Waals surface area contributed by atoms with E-state index in [4.69, 9.17) is 14.6 Å². The van der Waals surface area contributed by atoms with Gasteiger partial charge >= 0.3 is 12.0 Å². The highest BCUT2D eigenvalue weighted by Crippen LogP contribution is 2.28. The monoisotopic (exact) mass is 364 g/mol. The highest BCUT2D eigenvalue weighted by Gasteiger charge is 2.26. The minimum absolute atomic E-state index is 0.170. The molecule has 7 heteroatoms. The number of amides is 2. The van der Waals surface area contributed by atoms with E-state index in [1.54, 1.807) is 12.0 Å². The zero-order chi connectivity index (χ0) is 18.9. The molecule has 1 heterocycles. The van der Waals surface area contributed by atoms with Crippen LogP contribution in [0.4, 0.5) is 4.79 Å². The third kappa shape index (κ3) is 5.54. The van der Waals surface area contributed by atoms with Gasteiger partial charge in [-0.05, 0) is 37.0 Å². The zero-order valence-electron chi connectivity index (χ0n) is 15.5. The second-order valence-electron chi connectivity index (χ2n) is 6.45. The summed E-state index contributed by atoms with van der Waals surface area (Å²) in [6, 6.07) is 5.45. The summed E-state index contributed by atoms with van der Waals surface area (Å²) in [6.07, 6.45) is 3.05. The molecular weight excluding hydrogens is 336 g/mol. The third-order valence-electron chi connectivity index (χ3n) is 4.56. The van der Waals surface area contributed by atoms with Crippen LogP contribution < -0.4 is 14.8 Å². The molecule has 0 aromatic heterocycles. The van der Waals surface area contributed by atoms with Gasteiger partial charge in [-0.15, -0.1) is 0 Å². The van der Waals surface area contributed by atoms with Crippen LogP contribution in [0.1, 0.15) is 38.2 Å². The van der Waals surface area contributed by atoms with Gasteiger partial charge in [0.2, 0.25) is 0 Å². The molecule has 26 heavy (non-hydrogen) atoms. The van der Waals surface area contributed by atoms with Crippen LogP contribution in [0.5, 0.6) is 11.5 Å². The van der Waals surface area contributed by atoms with E-state index in [-0.39, 0.29) is 11.9 Å². The third-order valence-corrected chi connectivity index (χ3v) is 4.56. The Morgan fingerprint density at radius 3 is 2.62 bits per heavy atom. The summed E-state index contributed by atoms with van der Waals surface area (Å²) in [6.45, 7) is 4.07. The number of methoxy groups -OCH3 is 1. The number of rotatable bonds is 8. The van der Waals surface area contributed by atoms with Gasteiger partial charge < -0.3 is 24.8 Å². The van der Waals surface area contributed by atoms with Gasteiger partial charge in [-0.3, -0.25) is 4.79 Å². The van der Waals surface area contributed by atoms with E-state index in [1.807, 2.05) is 18.2 Å². The average molecular weight is 364 g/mol. The predicted octanol–water partition coefficient (Wildman–Crippen LogP) is 2.88. The normalized spacial score (nSPS) is 14.8. The van der Waals surface area contributed by atoms with Gasteiger partial charge in [0, 0.05) is 19.6 Å². The van der Waals surface area contributed by atoms with Crippen LogP contribution in [0.15, 0.2) is 18.2 Å². The van der Waals surface area contributed by atoms with Crippen molar-refractivity contribution >= 4 is 12.0 Å². The van der Waals surface area contributed by atoms with E-state index in [2.05, 4.69) is 12.2 Å². The number of nitrogens with one attached hydrogen (secondary N) is 1. The number of benzene rings is 1. The Morgan fingerprint density at radius 2 is 2.00 bits per heavy atom. The summed E-state index contributed by atoms with van der Waals surface area (Å²) in [7, 11) is 1.59. The molecule has 1 aliphatic heterocycles. The van der Waals surface area contributed by atoms with E-state index in [0.717, 1.165) is 18.4 Å². The Balaban J connectivity index is 1.85. The Bertz CT molecular complexity index is 612. The maximum Gasteiger partial charge on any atom is 0.317 e. The van der Waals surface area contributed by atoms with Crippen LogP contribution in [0.3, 0.4) is 0 Å². The fourth-order valence-electron chi connectivity index (χ4n) is 2.89. The maximum absolute atomic E-state index is 12.3. The van der Waals surface area contributed by atoms with Crippen molar-refractivity contribution in [2.45, 2.75) is 39.2 Å². The lowest BCUT2D eigenvalue weighted by atomic mass is 9.97. The number of carbonyl (C=O) groups excluding carboxylic acids is 1. The van der Waals surface area contributed by atoms with Crippen LogP contribution in [0.2, 0.25) is 0 Å². The second kappa shape index (κ2) is 9.89. The first kappa shape index (κ1) is 19.9. The number of unbranched alkanes of at least 4 members (excludes halogenated alkanes) is 1. The molecule has 2 rings (SSSR count). The molecule has 144 valence electrons. The molecular formula is C19H28N2O5. The highest BCUT2D eigenvalue weighted by atomic mass is 16.5. The van der Waals surface area contributed by atoms with Crippen molar-refractivity contribution in [1.82, 2.24) is 10.2 Å². The number of aliphatic carboxylic acids is 1. The first-order chi connectivity index (χ1) is 12.5. The number of urea groups is 1. The van der Waals surface area contributed by atoms with Crippen LogP contribution in [-0.2, 0) is 11.3 Å². The number of likely N-dealkylation sites (tertiary alicyclic amines) is 1. The van der Waals surface area contributed by atoms with Crippen LogP contribution in [0.25, 0.3) is 0 Å². The lowest BCUT2D eigenvalue weighted by molar-refractivity contribution is -0.143. The molecule has 2 N–H and O–H groups in total. The van der Waals surface area contributed by atoms with Crippen LogP contribution in [-0.4, -0.2) is 48.8 Å². The molecule has 0 unspecified atom stereocenters. The number of piperidine rings is 1. The summed E-state index contributed by atoms with van der Waals surface area (Å²) in [4.78, 5) is 24.9. The predicted molar refractivity (Wildman–Crippen MR) is 97.6 cm³/mol. The molecule has 1 aliphatic rings. The molecule has 0 spiro atoms. The van der Waals surface area contributed by atoms with Gasteiger partial charge in [0.05, 0.1) is 19.6 Å². The van der Waals surface area contributed by atoms with Gasteiger partial charge in [0.1, 0.15) is 0 Å². The quantitative estimate of drug-likeness (QED) is 0.693. The molecule has 0 atom stereocenters. The van der Waals surface area contributed by atoms with Gasteiger partial charge in [-0.25, -0.2) is 4.79 Å². The largest absolute Gasteiger partial charge is 0.493 e. The summed E-state index contributed by atoms with van der Waals surface area (Å²) in [5.74, 6) is 0.226. The van der Waals surface area contributed by atoms with E-state index in [0.29, 0.717) is 50.6 Å². The van der Waals surface area contributed by atoms with Crippen molar-refractivity contribution in [3.05, 3.63) is 23.8 Å².